The van der Waals surface area contributed by atoms with Gasteiger partial charge in [0.25, 0.3) is 0 Å². The van der Waals surface area contributed by atoms with E-state index in [-0.39, 0.29) is 0 Å². The van der Waals surface area contributed by atoms with Gasteiger partial charge >= 0.3 is 0 Å². The molecule has 2 atom stereocenters. The van der Waals surface area contributed by atoms with Gasteiger partial charge in [-0.2, -0.15) is 0 Å². The van der Waals surface area contributed by atoms with E-state index in [1.807, 2.05) is 0 Å². The number of likely N-dealkylation sites (tertiary alicyclic amines) is 1. The molecule has 0 unspecified atom stereocenters. The first-order valence-corrected chi connectivity index (χ1v) is 5.38. The summed E-state index contributed by atoms with van der Waals surface area (Å²) in [5.41, 5.74) is 0. The Kier molecular flexibility index (Phi) is 4.07. The van der Waals surface area contributed by atoms with Crippen LogP contribution in [0.3, 0.4) is 0 Å². The van der Waals surface area contributed by atoms with Gasteiger partial charge in [0.2, 0.25) is 0 Å². The summed E-state index contributed by atoms with van der Waals surface area (Å²) in [6.07, 6.45) is 8.03. The zero-order valence-corrected chi connectivity index (χ0v) is 8.55. The Hall–Kier alpha value is -0.0400. The van der Waals surface area contributed by atoms with Crippen LogP contribution in [0.15, 0.2) is 0 Å². The molecule has 0 N–H and O–H groups in total. The van der Waals surface area contributed by atoms with Gasteiger partial charge < -0.3 is 4.90 Å². The minimum atomic E-state index is 0.784. The van der Waals surface area contributed by atoms with E-state index >= 15 is 0 Å². The van der Waals surface area contributed by atoms with Crippen LogP contribution in [-0.2, 0) is 0 Å². The Morgan fingerprint density at radius 3 is 1.83 bits per heavy atom. The van der Waals surface area contributed by atoms with E-state index in [4.69, 9.17) is 0 Å². The Balaban J connectivity index is 2.32. The van der Waals surface area contributed by atoms with Crippen molar-refractivity contribution in [3.8, 4) is 0 Å². The van der Waals surface area contributed by atoms with Crippen LogP contribution in [0.4, 0.5) is 0 Å². The van der Waals surface area contributed by atoms with Crippen LogP contribution in [0, 0.1) is 7.05 Å². The summed E-state index contributed by atoms with van der Waals surface area (Å²) < 4.78 is 0. The standard InChI is InChI=1S/C11H22N/c1-4-6-10-8-9-11(7-5-2)12(10)3/h10-11H,3-9H2,1-2H3/q-1/t10-,11+. The minimum Gasteiger partial charge on any atom is -0.454 e. The lowest BCUT2D eigenvalue weighted by molar-refractivity contribution is 0.248. The molecule has 72 valence electrons. The molecule has 1 saturated heterocycles. The molecule has 0 radical (unpaired) electrons. The molecule has 0 saturated carbocycles. The van der Waals surface area contributed by atoms with E-state index in [2.05, 4.69) is 25.8 Å². The molecule has 0 bridgehead atoms. The van der Waals surface area contributed by atoms with E-state index < -0.39 is 0 Å². The first-order valence-electron chi connectivity index (χ1n) is 5.38. The lowest BCUT2D eigenvalue weighted by atomic mass is 10.1. The fourth-order valence-electron chi connectivity index (χ4n) is 2.30. The second kappa shape index (κ2) is 4.86. The first kappa shape index (κ1) is 10.0. The van der Waals surface area contributed by atoms with Gasteiger partial charge in [0, 0.05) is 0 Å². The molecular formula is C11H22N-. The maximum absolute atomic E-state index is 4.17. The Labute approximate surface area is 77.1 Å². The van der Waals surface area contributed by atoms with Crippen LogP contribution in [0.1, 0.15) is 52.4 Å². The highest BCUT2D eigenvalue weighted by Gasteiger charge is 2.23. The predicted octanol–water partition coefficient (Wildman–Crippen LogP) is 3.21. The molecule has 1 heteroatoms. The summed E-state index contributed by atoms with van der Waals surface area (Å²) in [6, 6.07) is 1.57. The number of nitrogens with zero attached hydrogens (tertiary/aromatic N) is 1. The molecule has 1 aliphatic rings. The van der Waals surface area contributed by atoms with Gasteiger partial charge in [-0.3, -0.25) is 7.05 Å². The van der Waals surface area contributed by atoms with Crippen molar-refractivity contribution in [2.45, 2.75) is 64.5 Å². The predicted molar refractivity (Wildman–Crippen MR) is 53.8 cm³/mol. The minimum absolute atomic E-state index is 0.784. The second-order valence-corrected chi connectivity index (χ2v) is 3.98. The van der Waals surface area contributed by atoms with Gasteiger partial charge in [-0.05, 0) is 37.8 Å². The largest absolute Gasteiger partial charge is 0.454 e. The summed E-state index contributed by atoms with van der Waals surface area (Å²) >= 11 is 0. The highest BCUT2D eigenvalue weighted by molar-refractivity contribution is 4.86. The quantitative estimate of drug-likeness (QED) is 0.583. The number of rotatable bonds is 4. The molecule has 1 nitrogen and oxygen atoms in total. The lowest BCUT2D eigenvalue weighted by Crippen LogP contribution is -2.29. The Morgan fingerprint density at radius 2 is 1.50 bits per heavy atom. The van der Waals surface area contributed by atoms with E-state index in [1.165, 1.54) is 38.5 Å². The summed E-state index contributed by atoms with van der Waals surface area (Å²) in [5.74, 6) is 0. The summed E-state index contributed by atoms with van der Waals surface area (Å²) in [4.78, 5) is 2.37. The van der Waals surface area contributed by atoms with Gasteiger partial charge in [0.05, 0.1) is 0 Å². The average molecular weight is 168 g/mol. The fraction of sp³-hybridized carbons (Fsp3) is 0.909. The third-order valence-corrected chi connectivity index (χ3v) is 3.01. The van der Waals surface area contributed by atoms with Gasteiger partial charge in [-0.25, -0.2) is 0 Å². The highest BCUT2D eigenvalue weighted by Crippen LogP contribution is 2.28. The molecule has 0 amide bonds. The zero-order valence-electron chi connectivity index (χ0n) is 8.55. The maximum atomic E-state index is 4.17. The first-order chi connectivity index (χ1) is 5.79. The van der Waals surface area contributed by atoms with Crippen molar-refractivity contribution in [1.29, 1.82) is 0 Å². The smallest absolute Gasteiger partial charge is 0.0182 e. The molecule has 0 spiro atoms. The van der Waals surface area contributed by atoms with Crippen LogP contribution < -0.4 is 0 Å². The molecule has 0 aromatic heterocycles. The SMILES string of the molecule is [CH2-]N1[C@H](CCC)CC[C@@H]1CCC. The topological polar surface area (TPSA) is 3.24 Å². The molecule has 0 aliphatic carbocycles. The number of hydrogen-bond acceptors (Lipinski definition) is 1. The molecule has 12 heavy (non-hydrogen) atoms. The van der Waals surface area contributed by atoms with Crippen LogP contribution in [0.5, 0.6) is 0 Å². The molecule has 0 aromatic carbocycles. The second-order valence-electron chi connectivity index (χ2n) is 3.98. The van der Waals surface area contributed by atoms with E-state index in [0.29, 0.717) is 0 Å². The summed E-state index contributed by atoms with van der Waals surface area (Å²) in [7, 11) is 4.17. The molecule has 1 rings (SSSR count). The average Bonchev–Trinajstić information content (AvgIpc) is 2.38. The van der Waals surface area contributed by atoms with Crippen LogP contribution in [-0.4, -0.2) is 17.0 Å². The normalized spacial score (nSPS) is 31.2. The van der Waals surface area contributed by atoms with Crippen molar-refractivity contribution in [2.24, 2.45) is 0 Å². The third kappa shape index (κ3) is 2.22. The van der Waals surface area contributed by atoms with Gasteiger partial charge in [-0.15, -0.1) is 0 Å². The Bertz CT molecular complexity index is 108. The van der Waals surface area contributed by atoms with E-state index in [9.17, 15) is 0 Å². The number of hydrogen-bond donors (Lipinski definition) is 0. The van der Waals surface area contributed by atoms with Gasteiger partial charge in [0.1, 0.15) is 0 Å². The van der Waals surface area contributed by atoms with E-state index in [0.717, 1.165) is 12.1 Å². The van der Waals surface area contributed by atoms with Crippen molar-refractivity contribution < 1.29 is 0 Å². The molecule has 0 aromatic rings. The van der Waals surface area contributed by atoms with Crippen LogP contribution >= 0.6 is 0 Å². The maximum Gasteiger partial charge on any atom is -0.0182 e. The van der Waals surface area contributed by atoms with E-state index in [1.54, 1.807) is 0 Å². The molecule has 1 fully saturated rings. The van der Waals surface area contributed by atoms with Crippen molar-refractivity contribution in [3.05, 3.63) is 7.05 Å². The van der Waals surface area contributed by atoms with Crippen molar-refractivity contribution in [3.63, 3.8) is 0 Å². The van der Waals surface area contributed by atoms with Crippen molar-refractivity contribution in [2.75, 3.05) is 0 Å². The van der Waals surface area contributed by atoms with Gasteiger partial charge in [0.15, 0.2) is 0 Å². The monoisotopic (exact) mass is 168 g/mol. The molecular weight excluding hydrogens is 146 g/mol. The highest BCUT2D eigenvalue weighted by atomic mass is 15.2. The third-order valence-electron chi connectivity index (χ3n) is 3.01. The fourth-order valence-corrected chi connectivity index (χ4v) is 2.30. The molecule has 1 aliphatic heterocycles. The summed E-state index contributed by atoms with van der Waals surface area (Å²) in [6.45, 7) is 4.53. The Morgan fingerprint density at radius 1 is 1.08 bits per heavy atom. The van der Waals surface area contributed by atoms with Gasteiger partial charge in [-0.1, -0.05) is 26.7 Å². The van der Waals surface area contributed by atoms with Crippen molar-refractivity contribution >= 4 is 0 Å². The summed E-state index contributed by atoms with van der Waals surface area (Å²) in [5, 5.41) is 0. The zero-order chi connectivity index (χ0) is 8.97. The van der Waals surface area contributed by atoms with Crippen LogP contribution in [0.25, 0.3) is 0 Å². The lowest BCUT2D eigenvalue weighted by Gasteiger charge is -2.33. The molecule has 1 heterocycles. The van der Waals surface area contributed by atoms with Crippen LogP contribution in [0.2, 0.25) is 0 Å². The van der Waals surface area contributed by atoms with Crippen molar-refractivity contribution in [1.82, 2.24) is 4.90 Å².